The Morgan fingerprint density at radius 2 is 2.00 bits per heavy atom. The number of benzene rings is 1. The van der Waals surface area contributed by atoms with E-state index < -0.39 is 5.57 Å². The Morgan fingerprint density at radius 1 is 1.35 bits per heavy atom. The lowest BCUT2D eigenvalue weighted by molar-refractivity contribution is -0.143. The lowest BCUT2D eigenvalue weighted by Gasteiger charge is -2.13. The van der Waals surface area contributed by atoms with Crippen LogP contribution < -0.4 is 4.74 Å². The van der Waals surface area contributed by atoms with Gasteiger partial charge < -0.3 is 9.47 Å². The molecule has 0 bridgehead atoms. The maximum atomic E-state index is 12.8. The van der Waals surface area contributed by atoms with Crippen LogP contribution in [0.25, 0.3) is 5.57 Å². The van der Waals surface area contributed by atoms with Crippen molar-refractivity contribution in [2.24, 2.45) is 17.3 Å². The van der Waals surface area contributed by atoms with Crippen LogP contribution in [0.2, 0.25) is 0 Å². The summed E-state index contributed by atoms with van der Waals surface area (Å²) in [5.41, 5.74) is -1.52. The smallest absolute Gasteiger partial charge is 0.469 e. The molecule has 2 rings (SSSR count). The Labute approximate surface area is 143 Å². The van der Waals surface area contributed by atoms with Gasteiger partial charge in [-0.15, -0.1) is 8.78 Å². The summed E-state index contributed by atoms with van der Waals surface area (Å²) in [4.78, 5) is 11.9. The Morgan fingerprint density at radius 3 is 2.52 bits per heavy atom. The molecule has 1 fully saturated rings. The zero-order valence-electron chi connectivity index (χ0n) is 12.8. The molecule has 1 aromatic rings. The minimum absolute atomic E-state index is 0.0911. The molecular weight excluding hydrogens is 349 g/mol. The molecule has 3 nitrogen and oxygen atoms in total. The van der Waals surface area contributed by atoms with E-state index in [1.54, 1.807) is 12.1 Å². The molecule has 1 aromatic carbocycles. The zero-order chi connectivity index (χ0) is 17.4. The maximum absolute atomic E-state index is 12.8. The molecule has 0 spiro atoms. The van der Waals surface area contributed by atoms with Crippen LogP contribution in [0.4, 0.5) is 8.78 Å². The van der Waals surface area contributed by atoms with E-state index in [1.165, 1.54) is 24.8 Å². The van der Waals surface area contributed by atoms with Crippen LogP contribution in [-0.2, 0) is 9.53 Å². The molecule has 0 saturated heterocycles. The third-order valence-electron chi connectivity index (χ3n) is 4.14. The first kappa shape index (κ1) is 18.0. The summed E-state index contributed by atoms with van der Waals surface area (Å²) < 4.78 is 34.7. The summed E-state index contributed by atoms with van der Waals surface area (Å²) in [5.74, 6) is -0.918. The fraction of sp³-hybridized carbons (Fsp3) is 0.438. The highest BCUT2D eigenvalue weighted by atomic mass is 35.5. The van der Waals surface area contributed by atoms with Crippen molar-refractivity contribution in [2.75, 3.05) is 7.11 Å². The molecule has 23 heavy (non-hydrogen) atoms. The lowest BCUT2D eigenvalue weighted by Crippen LogP contribution is -2.15. The predicted octanol–water partition coefficient (Wildman–Crippen LogP) is 4.88. The molecule has 0 N–H and O–H groups in total. The van der Waals surface area contributed by atoms with Crippen LogP contribution >= 0.6 is 23.2 Å². The number of allylic oxidation sites excluding steroid dienone is 1. The van der Waals surface area contributed by atoms with E-state index in [1.807, 2.05) is 13.8 Å². The van der Waals surface area contributed by atoms with Crippen molar-refractivity contribution in [1.29, 1.82) is 0 Å². The number of rotatable bonds is 5. The number of ether oxygens (including phenoxy) is 2. The Kier molecular flexibility index (Phi) is 4.92. The molecule has 1 saturated carbocycles. The number of carbonyl (C=O) groups excluding carboxylic acids is 1. The van der Waals surface area contributed by atoms with Crippen LogP contribution in [0.5, 0.6) is 5.75 Å². The molecule has 1 aliphatic rings. The summed E-state index contributed by atoms with van der Waals surface area (Å²) in [6.07, 6.45) is 0. The molecule has 0 amide bonds. The number of halogens is 4. The van der Waals surface area contributed by atoms with Crippen molar-refractivity contribution >= 4 is 34.7 Å². The highest BCUT2D eigenvalue weighted by Gasteiger charge is 2.64. The monoisotopic (exact) mass is 364 g/mol. The highest BCUT2D eigenvalue weighted by molar-refractivity contribution is 6.28. The average Bonchev–Trinajstić information content (AvgIpc) is 3.00. The molecule has 1 aliphatic carbocycles. The van der Waals surface area contributed by atoms with Crippen LogP contribution in [0.15, 0.2) is 29.8 Å². The number of alkyl halides is 3. The molecule has 0 aromatic heterocycles. The normalized spacial score (nSPS) is 23.3. The summed E-state index contributed by atoms with van der Waals surface area (Å²) >= 11 is 10.7. The molecule has 2 unspecified atom stereocenters. The van der Waals surface area contributed by atoms with Crippen molar-refractivity contribution in [3.63, 3.8) is 0 Å². The minimum Gasteiger partial charge on any atom is -0.469 e. The topological polar surface area (TPSA) is 35.5 Å². The first-order valence-electron chi connectivity index (χ1n) is 6.86. The lowest BCUT2D eigenvalue weighted by atomic mass is 9.98. The van der Waals surface area contributed by atoms with Crippen LogP contribution in [-0.4, -0.2) is 18.6 Å². The second-order valence-electron chi connectivity index (χ2n) is 5.94. The third kappa shape index (κ3) is 3.78. The molecule has 126 valence electrons. The van der Waals surface area contributed by atoms with E-state index in [9.17, 15) is 13.6 Å². The molecule has 0 heterocycles. The van der Waals surface area contributed by atoms with Gasteiger partial charge in [0.05, 0.1) is 13.0 Å². The Bertz CT molecular complexity index is 638. The molecule has 2 atom stereocenters. The van der Waals surface area contributed by atoms with Gasteiger partial charge in [-0.1, -0.05) is 37.6 Å². The Balaban J connectivity index is 2.30. The molecule has 0 radical (unpaired) electrons. The van der Waals surface area contributed by atoms with E-state index in [0.717, 1.165) is 0 Å². The Hall–Kier alpha value is -1.33. The first-order valence-corrected chi connectivity index (χ1v) is 7.67. The maximum Gasteiger partial charge on any atom is 0.487 e. The van der Waals surface area contributed by atoms with E-state index >= 15 is 0 Å². The van der Waals surface area contributed by atoms with E-state index in [0.29, 0.717) is 11.1 Å². The quantitative estimate of drug-likeness (QED) is 0.551. The van der Waals surface area contributed by atoms with E-state index in [-0.39, 0.29) is 29.0 Å². The van der Waals surface area contributed by atoms with Gasteiger partial charge in [0.1, 0.15) is 5.75 Å². The molecular formula is C16H16Cl2F2O3. The zero-order valence-corrected chi connectivity index (χ0v) is 14.3. The second kappa shape index (κ2) is 6.29. The molecule has 0 aliphatic heterocycles. The predicted molar refractivity (Wildman–Crippen MR) is 84.5 cm³/mol. The van der Waals surface area contributed by atoms with Gasteiger partial charge in [-0.25, -0.2) is 0 Å². The van der Waals surface area contributed by atoms with Gasteiger partial charge in [-0.3, -0.25) is 4.79 Å². The van der Waals surface area contributed by atoms with E-state index in [4.69, 9.17) is 27.9 Å². The second-order valence-corrected chi connectivity index (χ2v) is 6.60. The number of esters is 1. The summed E-state index contributed by atoms with van der Waals surface area (Å²) in [6.45, 7) is 3.85. The summed E-state index contributed by atoms with van der Waals surface area (Å²) in [5, 5.41) is 0. The third-order valence-corrected chi connectivity index (χ3v) is 4.45. The standard InChI is InChI=1S/C16H16Cl2F2O3/c1-15(2)12(13(15)14(21)22-3)11(8-17)9-5-4-6-10(7-9)23-16(18,19)20/h4-8,12-13H,1-3H3. The van der Waals surface area contributed by atoms with E-state index in [2.05, 4.69) is 4.74 Å². The first-order chi connectivity index (χ1) is 10.6. The van der Waals surface area contributed by atoms with Crippen molar-refractivity contribution in [2.45, 2.75) is 19.4 Å². The van der Waals surface area contributed by atoms with Gasteiger partial charge >= 0.3 is 11.5 Å². The average molecular weight is 365 g/mol. The van der Waals surface area contributed by atoms with Gasteiger partial charge in [-0.2, -0.15) is 0 Å². The number of methoxy groups -OCH3 is 1. The fourth-order valence-corrected chi connectivity index (χ4v) is 3.32. The number of carbonyl (C=O) groups is 1. The van der Waals surface area contributed by atoms with Gasteiger partial charge in [0.2, 0.25) is 0 Å². The van der Waals surface area contributed by atoms with Crippen molar-refractivity contribution in [1.82, 2.24) is 0 Å². The largest absolute Gasteiger partial charge is 0.487 e. The fourth-order valence-electron chi connectivity index (χ4n) is 2.97. The minimum atomic E-state index is -3.79. The van der Waals surface area contributed by atoms with Crippen molar-refractivity contribution in [3.05, 3.63) is 35.4 Å². The van der Waals surface area contributed by atoms with Gasteiger partial charge in [-0.05, 0) is 28.7 Å². The van der Waals surface area contributed by atoms with Gasteiger partial charge in [0.15, 0.2) is 0 Å². The summed E-state index contributed by atoms with van der Waals surface area (Å²) in [7, 11) is 1.33. The van der Waals surface area contributed by atoms with Gasteiger partial charge in [0.25, 0.3) is 0 Å². The SMILES string of the molecule is COC(=O)C1C(C(=CCl)c2cccc(OC(F)(F)Cl)c2)C1(C)C. The van der Waals surface area contributed by atoms with Crippen LogP contribution in [0.3, 0.4) is 0 Å². The number of hydrogen-bond acceptors (Lipinski definition) is 3. The van der Waals surface area contributed by atoms with Crippen LogP contribution in [0.1, 0.15) is 19.4 Å². The number of hydrogen-bond donors (Lipinski definition) is 0. The summed E-state index contributed by atoms with van der Waals surface area (Å²) in [6, 6.07) is 6.03. The van der Waals surface area contributed by atoms with Gasteiger partial charge in [0, 0.05) is 23.1 Å². The van der Waals surface area contributed by atoms with Crippen molar-refractivity contribution < 1.29 is 23.0 Å². The van der Waals surface area contributed by atoms with Crippen molar-refractivity contribution in [3.8, 4) is 5.75 Å². The molecule has 7 heteroatoms. The van der Waals surface area contributed by atoms with Crippen LogP contribution in [0, 0.1) is 17.3 Å². The highest BCUT2D eigenvalue weighted by Crippen LogP contribution is 2.64.